The van der Waals surface area contributed by atoms with Gasteiger partial charge in [-0.1, -0.05) is 5.16 Å². The molecule has 2 heterocycles. The normalized spacial score (nSPS) is 19.1. The Kier molecular flexibility index (Phi) is 3.44. The first-order valence-corrected chi connectivity index (χ1v) is 5.61. The van der Waals surface area contributed by atoms with Crippen LogP contribution >= 0.6 is 0 Å². The summed E-state index contributed by atoms with van der Waals surface area (Å²) < 4.78 is 10.1. The summed E-state index contributed by atoms with van der Waals surface area (Å²) in [4.78, 5) is 11.3. The van der Waals surface area contributed by atoms with Gasteiger partial charge in [-0.2, -0.15) is 0 Å². The molecule has 94 valence electrons. The Labute approximate surface area is 98.9 Å². The summed E-state index contributed by atoms with van der Waals surface area (Å²) in [6.45, 7) is 3.13. The smallest absolute Gasteiger partial charge is 0.324 e. The summed E-state index contributed by atoms with van der Waals surface area (Å²) in [6, 6.07) is 1.79. The van der Waals surface area contributed by atoms with E-state index in [-0.39, 0.29) is 0 Å². The SMILES string of the molecule is Cc1cc(CNC2(C(=O)O)CCOCC2)no1. The highest BCUT2D eigenvalue weighted by Crippen LogP contribution is 2.21. The fourth-order valence-corrected chi connectivity index (χ4v) is 1.95. The van der Waals surface area contributed by atoms with Crippen LogP contribution in [-0.2, 0) is 16.1 Å². The maximum Gasteiger partial charge on any atom is 0.324 e. The molecule has 17 heavy (non-hydrogen) atoms. The Morgan fingerprint density at radius 3 is 2.82 bits per heavy atom. The highest BCUT2D eigenvalue weighted by Gasteiger charge is 2.39. The van der Waals surface area contributed by atoms with Crippen LogP contribution in [0.4, 0.5) is 0 Å². The zero-order chi connectivity index (χ0) is 12.3. The summed E-state index contributed by atoms with van der Waals surface area (Å²) >= 11 is 0. The zero-order valence-corrected chi connectivity index (χ0v) is 9.73. The molecule has 6 heteroatoms. The van der Waals surface area contributed by atoms with E-state index < -0.39 is 11.5 Å². The van der Waals surface area contributed by atoms with Gasteiger partial charge in [0.2, 0.25) is 0 Å². The minimum absolute atomic E-state index is 0.393. The molecule has 1 aliphatic heterocycles. The molecule has 0 aliphatic carbocycles. The van der Waals surface area contributed by atoms with Crippen LogP contribution in [0.25, 0.3) is 0 Å². The van der Waals surface area contributed by atoms with E-state index in [0.717, 1.165) is 11.5 Å². The molecular weight excluding hydrogens is 224 g/mol. The van der Waals surface area contributed by atoms with Gasteiger partial charge in [-0.3, -0.25) is 10.1 Å². The number of hydrogen-bond donors (Lipinski definition) is 2. The molecule has 0 atom stereocenters. The lowest BCUT2D eigenvalue weighted by Gasteiger charge is -2.33. The quantitative estimate of drug-likeness (QED) is 0.806. The van der Waals surface area contributed by atoms with E-state index in [1.54, 1.807) is 13.0 Å². The van der Waals surface area contributed by atoms with Gasteiger partial charge in [0, 0.05) is 25.8 Å². The summed E-state index contributed by atoms with van der Waals surface area (Å²) in [7, 11) is 0. The highest BCUT2D eigenvalue weighted by atomic mass is 16.5. The lowest BCUT2D eigenvalue weighted by molar-refractivity contribution is -0.149. The van der Waals surface area contributed by atoms with Gasteiger partial charge >= 0.3 is 5.97 Å². The maximum atomic E-state index is 11.3. The molecule has 1 saturated heterocycles. The van der Waals surface area contributed by atoms with Crippen molar-refractivity contribution in [2.45, 2.75) is 31.8 Å². The molecule has 2 N–H and O–H groups in total. The lowest BCUT2D eigenvalue weighted by atomic mass is 9.90. The topological polar surface area (TPSA) is 84.6 Å². The first-order chi connectivity index (χ1) is 8.12. The summed E-state index contributed by atoms with van der Waals surface area (Å²) in [5.41, 5.74) is -0.180. The summed E-state index contributed by atoms with van der Waals surface area (Å²) in [5.74, 6) is -0.112. The van der Waals surface area contributed by atoms with E-state index in [2.05, 4.69) is 10.5 Å². The molecule has 0 aromatic carbocycles. The van der Waals surface area contributed by atoms with Crippen molar-refractivity contribution in [1.29, 1.82) is 0 Å². The van der Waals surface area contributed by atoms with Gasteiger partial charge in [-0.05, 0) is 19.8 Å². The van der Waals surface area contributed by atoms with Crippen molar-refractivity contribution in [2.75, 3.05) is 13.2 Å². The van der Waals surface area contributed by atoms with Crippen LogP contribution in [0.2, 0.25) is 0 Å². The number of rotatable bonds is 4. The molecule has 1 aromatic heterocycles. The fraction of sp³-hybridized carbons (Fsp3) is 0.636. The number of carboxylic acids is 1. The number of carbonyl (C=O) groups is 1. The largest absolute Gasteiger partial charge is 0.480 e. The summed E-state index contributed by atoms with van der Waals surface area (Å²) in [6.07, 6.45) is 0.943. The molecule has 0 bridgehead atoms. The van der Waals surface area contributed by atoms with Crippen molar-refractivity contribution in [3.8, 4) is 0 Å². The van der Waals surface area contributed by atoms with E-state index >= 15 is 0 Å². The molecule has 0 unspecified atom stereocenters. The van der Waals surface area contributed by atoms with E-state index in [1.807, 2.05) is 0 Å². The number of aliphatic carboxylic acids is 1. The van der Waals surface area contributed by atoms with Crippen molar-refractivity contribution in [3.05, 3.63) is 17.5 Å². The Hall–Kier alpha value is -1.40. The average molecular weight is 240 g/mol. The Morgan fingerprint density at radius 2 is 2.29 bits per heavy atom. The zero-order valence-electron chi connectivity index (χ0n) is 9.73. The number of nitrogens with zero attached hydrogens (tertiary/aromatic N) is 1. The fourth-order valence-electron chi connectivity index (χ4n) is 1.95. The number of nitrogens with one attached hydrogen (secondary N) is 1. The second kappa shape index (κ2) is 4.85. The van der Waals surface area contributed by atoms with Gasteiger partial charge in [-0.15, -0.1) is 0 Å². The first kappa shape index (κ1) is 12.1. The van der Waals surface area contributed by atoms with Crippen molar-refractivity contribution in [2.24, 2.45) is 0 Å². The predicted molar refractivity (Wildman–Crippen MR) is 58.5 cm³/mol. The van der Waals surface area contributed by atoms with Crippen LogP contribution in [-0.4, -0.2) is 35.0 Å². The Morgan fingerprint density at radius 1 is 1.59 bits per heavy atom. The number of aromatic nitrogens is 1. The Balaban J connectivity index is 2.00. The van der Waals surface area contributed by atoms with Crippen LogP contribution in [0.5, 0.6) is 0 Å². The molecule has 0 saturated carbocycles. The second-order valence-electron chi connectivity index (χ2n) is 4.28. The van der Waals surface area contributed by atoms with Gasteiger partial charge in [0.1, 0.15) is 11.3 Å². The number of carboxylic acid groups (broad SMARTS) is 1. The van der Waals surface area contributed by atoms with Crippen LogP contribution < -0.4 is 5.32 Å². The van der Waals surface area contributed by atoms with Crippen LogP contribution in [0, 0.1) is 6.92 Å². The molecule has 0 spiro atoms. The highest BCUT2D eigenvalue weighted by molar-refractivity contribution is 5.78. The van der Waals surface area contributed by atoms with Gasteiger partial charge in [0.05, 0.1) is 5.69 Å². The van der Waals surface area contributed by atoms with Crippen LogP contribution in [0.3, 0.4) is 0 Å². The third-order valence-electron chi connectivity index (χ3n) is 3.04. The van der Waals surface area contributed by atoms with Gasteiger partial charge in [0.25, 0.3) is 0 Å². The molecular formula is C11H16N2O4. The molecule has 0 amide bonds. The third-order valence-corrected chi connectivity index (χ3v) is 3.04. The predicted octanol–water partition coefficient (Wildman–Crippen LogP) is 0.706. The summed E-state index contributed by atoms with van der Waals surface area (Å²) in [5, 5.41) is 16.2. The standard InChI is InChI=1S/C11H16N2O4/c1-8-6-9(13-17-8)7-12-11(10(14)15)2-4-16-5-3-11/h6,12H,2-5,7H2,1H3,(H,14,15). The van der Waals surface area contributed by atoms with Crippen molar-refractivity contribution < 1.29 is 19.2 Å². The maximum absolute atomic E-state index is 11.3. The second-order valence-corrected chi connectivity index (χ2v) is 4.28. The van der Waals surface area contributed by atoms with Crippen LogP contribution in [0.1, 0.15) is 24.3 Å². The van der Waals surface area contributed by atoms with E-state index in [0.29, 0.717) is 32.6 Å². The number of hydrogen-bond acceptors (Lipinski definition) is 5. The van der Waals surface area contributed by atoms with E-state index in [1.165, 1.54) is 0 Å². The van der Waals surface area contributed by atoms with Crippen molar-refractivity contribution >= 4 is 5.97 Å². The monoisotopic (exact) mass is 240 g/mol. The molecule has 1 fully saturated rings. The third kappa shape index (κ3) is 2.65. The number of aryl methyl sites for hydroxylation is 1. The van der Waals surface area contributed by atoms with Gasteiger partial charge in [-0.25, -0.2) is 0 Å². The average Bonchev–Trinajstić information content (AvgIpc) is 2.74. The molecule has 1 aromatic rings. The molecule has 2 rings (SSSR count). The minimum Gasteiger partial charge on any atom is -0.480 e. The first-order valence-electron chi connectivity index (χ1n) is 5.61. The lowest BCUT2D eigenvalue weighted by Crippen LogP contribution is -2.55. The van der Waals surface area contributed by atoms with E-state index in [4.69, 9.17) is 9.26 Å². The van der Waals surface area contributed by atoms with Gasteiger partial charge < -0.3 is 14.4 Å². The molecule has 0 radical (unpaired) electrons. The van der Waals surface area contributed by atoms with Gasteiger partial charge in [0.15, 0.2) is 0 Å². The molecule has 1 aliphatic rings. The van der Waals surface area contributed by atoms with Crippen molar-refractivity contribution in [3.63, 3.8) is 0 Å². The Bertz CT molecular complexity index is 396. The molecule has 6 nitrogen and oxygen atoms in total. The van der Waals surface area contributed by atoms with Crippen LogP contribution in [0.15, 0.2) is 10.6 Å². The minimum atomic E-state index is -0.898. The van der Waals surface area contributed by atoms with Crippen molar-refractivity contribution in [1.82, 2.24) is 10.5 Å². The van der Waals surface area contributed by atoms with E-state index in [9.17, 15) is 9.90 Å². The number of ether oxygens (including phenoxy) is 1.